The molecule has 31 heavy (non-hydrogen) atoms. The van der Waals surface area contributed by atoms with Gasteiger partial charge in [-0.15, -0.1) is 0 Å². The minimum atomic E-state index is -3.46. The minimum Gasteiger partial charge on any atom is -0.347 e. The molecule has 0 atom stereocenters. The summed E-state index contributed by atoms with van der Waals surface area (Å²) in [4.78, 5) is 16.4. The molecule has 1 amide bonds. The highest BCUT2D eigenvalue weighted by atomic mass is 35.5. The van der Waals surface area contributed by atoms with E-state index < -0.39 is 10.0 Å². The summed E-state index contributed by atoms with van der Waals surface area (Å²) in [6, 6.07) is 14.3. The molecule has 0 radical (unpaired) electrons. The third kappa shape index (κ3) is 6.28. The lowest BCUT2D eigenvalue weighted by Crippen LogP contribution is -2.32. The molecule has 1 N–H and O–H groups in total. The molecule has 0 saturated carbocycles. The predicted octanol–water partition coefficient (Wildman–Crippen LogP) is 3.56. The van der Waals surface area contributed by atoms with Crippen molar-refractivity contribution in [3.63, 3.8) is 0 Å². The van der Waals surface area contributed by atoms with Crippen molar-refractivity contribution in [3.05, 3.63) is 65.0 Å². The Balaban J connectivity index is 1.52. The van der Waals surface area contributed by atoms with E-state index in [1.165, 1.54) is 4.31 Å². The molecule has 0 bridgehead atoms. The molecule has 1 heterocycles. The SMILES string of the molecule is Cc1ccccc1N(CCCC(=O)NCc1nc(-c2cccc(Cl)c2)no1)S(C)(=O)=O. The zero-order valence-electron chi connectivity index (χ0n) is 17.2. The van der Waals surface area contributed by atoms with Crippen LogP contribution >= 0.6 is 11.6 Å². The van der Waals surface area contributed by atoms with Crippen molar-refractivity contribution in [3.8, 4) is 11.4 Å². The fraction of sp³-hybridized carbons (Fsp3) is 0.286. The number of anilines is 1. The third-order valence-electron chi connectivity index (χ3n) is 4.54. The molecule has 8 nitrogen and oxygen atoms in total. The van der Waals surface area contributed by atoms with E-state index in [0.717, 1.165) is 11.8 Å². The summed E-state index contributed by atoms with van der Waals surface area (Å²) in [7, 11) is -3.46. The summed E-state index contributed by atoms with van der Waals surface area (Å²) in [5.74, 6) is 0.413. The molecule has 3 aromatic rings. The molecule has 0 aliphatic carbocycles. The predicted molar refractivity (Wildman–Crippen MR) is 119 cm³/mol. The van der Waals surface area contributed by atoms with Crippen LogP contribution in [0.1, 0.15) is 24.3 Å². The zero-order valence-corrected chi connectivity index (χ0v) is 18.8. The number of para-hydroxylation sites is 1. The second kappa shape index (κ2) is 9.93. The van der Waals surface area contributed by atoms with Crippen LogP contribution in [-0.4, -0.2) is 37.3 Å². The number of hydrogen-bond donors (Lipinski definition) is 1. The number of nitrogens with one attached hydrogen (secondary N) is 1. The first-order valence-electron chi connectivity index (χ1n) is 9.62. The van der Waals surface area contributed by atoms with E-state index in [4.69, 9.17) is 16.1 Å². The summed E-state index contributed by atoms with van der Waals surface area (Å²) >= 11 is 5.97. The summed E-state index contributed by atoms with van der Waals surface area (Å²) in [5, 5.41) is 7.16. The number of sulfonamides is 1. The normalized spacial score (nSPS) is 11.3. The molecular weight excluding hydrogens is 440 g/mol. The number of rotatable bonds is 9. The smallest absolute Gasteiger partial charge is 0.246 e. The second-order valence-corrected chi connectivity index (χ2v) is 9.37. The highest BCUT2D eigenvalue weighted by molar-refractivity contribution is 7.92. The molecule has 0 unspecified atom stereocenters. The largest absolute Gasteiger partial charge is 0.347 e. The van der Waals surface area contributed by atoms with E-state index in [9.17, 15) is 13.2 Å². The van der Waals surface area contributed by atoms with Gasteiger partial charge < -0.3 is 9.84 Å². The molecular formula is C21H23ClN4O4S. The fourth-order valence-electron chi connectivity index (χ4n) is 3.03. The number of hydrogen-bond acceptors (Lipinski definition) is 6. The lowest BCUT2D eigenvalue weighted by atomic mass is 10.2. The van der Waals surface area contributed by atoms with Crippen LogP contribution in [-0.2, 0) is 21.4 Å². The monoisotopic (exact) mass is 462 g/mol. The van der Waals surface area contributed by atoms with Crippen LogP contribution in [0.2, 0.25) is 5.02 Å². The van der Waals surface area contributed by atoms with E-state index in [0.29, 0.717) is 28.5 Å². The van der Waals surface area contributed by atoms with Crippen molar-refractivity contribution < 1.29 is 17.7 Å². The van der Waals surface area contributed by atoms with Crippen molar-refractivity contribution in [1.82, 2.24) is 15.5 Å². The van der Waals surface area contributed by atoms with Gasteiger partial charge in [0, 0.05) is 23.6 Å². The Labute approximate surface area is 186 Å². The van der Waals surface area contributed by atoms with E-state index in [1.54, 1.807) is 36.4 Å². The highest BCUT2D eigenvalue weighted by Crippen LogP contribution is 2.22. The average molecular weight is 463 g/mol. The fourth-order valence-corrected chi connectivity index (χ4v) is 4.24. The third-order valence-corrected chi connectivity index (χ3v) is 5.95. The molecule has 0 saturated heterocycles. The number of benzene rings is 2. The Morgan fingerprint density at radius 1 is 1.19 bits per heavy atom. The molecule has 0 aliphatic rings. The number of halogens is 1. The van der Waals surface area contributed by atoms with Crippen molar-refractivity contribution in [2.24, 2.45) is 0 Å². The lowest BCUT2D eigenvalue weighted by Gasteiger charge is -2.24. The summed E-state index contributed by atoms with van der Waals surface area (Å²) in [6.45, 7) is 2.14. The van der Waals surface area contributed by atoms with Crippen LogP contribution in [0.4, 0.5) is 5.69 Å². The zero-order chi connectivity index (χ0) is 22.4. The first-order valence-corrected chi connectivity index (χ1v) is 11.9. The Morgan fingerprint density at radius 2 is 1.97 bits per heavy atom. The maximum absolute atomic E-state index is 12.2. The van der Waals surface area contributed by atoms with Crippen molar-refractivity contribution in [2.45, 2.75) is 26.3 Å². The van der Waals surface area contributed by atoms with Crippen LogP contribution in [0.5, 0.6) is 0 Å². The van der Waals surface area contributed by atoms with Gasteiger partial charge in [-0.05, 0) is 37.1 Å². The molecule has 2 aromatic carbocycles. The minimum absolute atomic E-state index is 0.0833. The maximum Gasteiger partial charge on any atom is 0.246 e. The van der Waals surface area contributed by atoms with Gasteiger partial charge in [-0.25, -0.2) is 8.42 Å². The van der Waals surface area contributed by atoms with Gasteiger partial charge in [0.25, 0.3) is 0 Å². The quantitative estimate of drug-likeness (QED) is 0.521. The first kappa shape index (κ1) is 22.8. The molecule has 0 fully saturated rings. The number of carbonyl (C=O) groups excluding carboxylic acids is 1. The molecule has 0 spiro atoms. The van der Waals surface area contributed by atoms with Gasteiger partial charge in [-0.2, -0.15) is 4.98 Å². The average Bonchev–Trinajstić information content (AvgIpc) is 3.19. The topological polar surface area (TPSA) is 105 Å². The van der Waals surface area contributed by atoms with E-state index in [-0.39, 0.29) is 31.3 Å². The van der Waals surface area contributed by atoms with Gasteiger partial charge >= 0.3 is 0 Å². The van der Waals surface area contributed by atoms with Crippen LogP contribution < -0.4 is 9.62 Å². The van der Waals surface area contributed by atoms with Crippen molar-refractivity contribution >= 4 is 33.2 Å². The molecule has 164 valence electrons. The number of aryl methyl sites for hydroxylation is 1. The van der Waals surface area contributed by atoms with Crippen molar-refractivity contribution in [2.75, 3.05) is 17.1 Å². The van der Waals surface area contributed by atoms with Crippen LogP contribution in [0.25, 0.3) is 11.4 Å². The number of nitrogens with zero attached hydrogens (tertiary/aromatic N) is 3. The molecule has 1 aromatic heterocycles. The Hall–Kier alpha value is -2.91. The second-order valence-electron chi connectivity index (χ2n) is 7.02. The van der Waals surface area contributed by atoms with Crippen LogP contribution in [0.15, 0.2) is 53.1 Å². The van der Waals surface area contributed by atoms with Crippen LogP contribution in [0, 0.1) is 6.92 Å². The highest BCUT2D eigenvalue weighted by Gasteiger charge is 2.19. The maximum atomic E-state index is 12.2. The van der Waals surface area contributed by atoms with Gasteiger partial charge in [0.05, 0.1) is 18.5 Å². The lowest BCUT2D eigenvalue weighted by molar-refractivity contribution is -0.121. The summed E-state index contributed by atoms with van der Waals surface area (Å²) < 4.78 is 30.9. The first-order chi connectivity index (χ1) is 14.7. The van der Waals surface area contributed by atoms with Gasteiger partial charge in [0.1, 0.15) is 0 Å². The Bertz CT molecular complexity index is 1160. The van der Waals surface area contributed by atoms with E-state index in [2.05, 4.69) is 15.5 Å². The molecule has 3 rings (SSSR count). The molecule has 0 aliphatic heterocycles. The van der Waals surface area contributed by atoms with Gasteiger partial charge in [-0.3, -0.25) is 9.10 Å². The van der Waals surface area contributed by atoms with Gasteiger partial charge in [0.15, 0.2) is 0 Å². The van der Waals surface area contributed by atoms with E-state index in [1.807, 2.05) is 19.1 Å². The summed E-state index contributed by atoms with van der Waals surface area (Å²) in [6.07, 6.45) is 1.69. The summed E-state index contributed by atoms with van der Waals surface area (Å²) in [5.41, 5.74) is 2.18. The van der Waals surface area contributed by atoms with Gasteiger partial charge in [0.2, 0.25) is 27.6 Å². The Kier molecular flexibility index (Phi) is 7.29. The van der Waals surface area contributed by atoms with Crippen LogP contribution in [0.3, 0.4) is 0 Å². The van der Waals surface area contributed by atoms with Gasteiger partial charge in [-0.1, -0.05) is 47.1 Å². The Morgan fingerprint density at radius 3 is 2.68 bits per heavy atom. The number of aromatic nitrogens is 2. The van der Waals surface area contributed by atoms with E-state index >= 15 is 0 Å². The number of amides is 1. The number of carbonyl (C=O) groups is 1. The van der Waals surface area contributed by atoms with Crippen molar-refractivity contribution in [1.29, 1.82) is 0 Å². The standard InChI is InChI=1S/C21H23ClN4O4S/c1-15-7-3-4-10-18(15)26(31(2,28)29)12-6-11-19(27)23-14-20-24-21(25-30-20)16-8-5-9-17(22)13-16/h3-5,7-10,13H,6,11-12,14H2,1-2H3,(H,23,27). The molecule has 10 heteroatoms.